The van der Waals surface area contributed by atoms with Gasteiger partial charge in [0.2, 0.25) is 0 Å². The van der Waals surface area contributed by atoms with Crippen LogP contribution in [0.1, 0.15) is 49.4 Å². The second-order valence-corrected chi connectivity index (χ2v) is 9.41. The molecule has 1 saturated heterocycles. The summed E-state index contributed by atoms with van der Waals surface area (Å²) in [4.78, 5) is 27.6. The van der Waals surface area contributed by atoms with Crippen molar-refractivity contribution >= 4 is 40.8 Å². The Labute approximate surface area is 224 Å². The summed E-state index contributed by atoms with van der Waals surface area (Å²) in [6, 6.07) is 14.6. The predicted octanol–water partition coefficient (Wildman–Crippen LogP) is 4.82. The van der Waals surface area contributed by atoms with Crippen LogP contribution in [0.2, 0.25) is 10.3 Å². The second kappa shape index (κ2) is 12.1. The minimum absolute atomic E-state index is 0.0470. The average molecular weight is 548 g/mol. The van der Waals surface area contributed by atoms with Gasteiger partial charge in [-0.25, -0.2) is 4.98 Å². The van der Waals surface area contributed by atoms with Gasteiger partial charge in [-0.05, 0) is 30.2 Å². The highest BCUT2D eigenvalue weighted by molar-refractivity contribution is 6.40. The molecule has 1 aromatic heterocycles. The zero-order chi connectivity index (χ0) is 26.5. The first-order chi connectivity index (χ1) is 17.7. The molecule has 1 aliphatic heterocycles. The van der Waals surface area contributed by atoms with Crippen molar-refractivity contribution in [1.82, 2.24) is 9.55 Å². The molecule has 4 rings (SSSR count). The fourth-order valence-electron chi connectivity index (χ4n) is 4.03. The third-order valence-corrected chi connectivity index (χ3v) is 6.66. The predicted molar refractivity (Wildman–Crippen MR) is 137 cm³/mol. The van der Waals surface area contributed by atoms with Crippen molar-refractivity contribution in [1.29, 1.82) is 0 Å². The SMILES string of the molecule is CC(=O)O[C@@H](C)C(=O)Nc1cccc([C@@H]2O[C@H](Cn3cnc(Cl)c3Cl)C[C@H](c3ccc(CO)cc3)O2)c1. The zero-order valence-electron chi connectivity index (χ0n) is 20.3. The number of imidazole rings is 1. The first-order valence-corrected chi connectivity index (χ1v) is 12.4. The van der Waals surface area contributed by atoms with Crippen molar-refractivity contribution < 1.29 is 28.9 Å². The number of carbonyl (C=O) groups excluding carboxylic acids is 2. The number of ether oxygens (including phenoxy) is 3. The molecule has 3 aromatic rings. The molecule has 0 spiro atoms. The molecule has 4 atom stereocenters. The highest BCUT2D eigenvalue weighted by Crippen LogP contribution is 2.39. The Bertz CT molecular complexity index is 1250. The summed E-state index contributed by atoms with van der Waals surface area (Å²) in [6.45, 7) is 3.10. The fraction of sp³-hybridized carbons (Fsp3) is 0.346. The van der Waals surface area contributed by atoms with E-state index < -0.39 is 24.3 Å². The minimum atomic E-state index is -0.939. The van der Waals surface area contributed by atoms with Gasteiger partial charge in [-0.1, -0.05) is 59.6 Å². The lowest BCUT2D eigenvalue weighted by atomic mass is 10.00. The van der Waals surface area contributed by atoms with Crippen LogP contribution >= 0.6 is 23.2 Å². The molecular weight excluding hydrogens is 521 g/mol. The minimum Gasteiger partial charge on any atom is -0.453 e. The van der Waals surface area contributed by atoms with Crippen LogP contribution in [0.4, 0.5) is 5.69 Å². The molecule has 0 radical (unpaired) electrons. The number of amides is 1. The Morgan fingerprint density at radius 3 is 2.59 bits per heavy atom. The lowest BCUT2D eigenvalue weighted by molar-refractivity contribution is -0.252. The maximum atomic E-state index is 12.4. The number of aromatic nitrogens is 2. The van der Waals surface area contributed by atoms with Crippen LogP contribution in [-0.2, 0) is 37.0 Å². The summed E-state index contributed by atoms with van der Waals surface area (Å²) in [5, 5.41) is 12.7. The van der Waals surface area contributed by atoms with Gasteiger partial charge in [0.1, 0.15) is 5.15 Å². The molecule has 196 valence electrons. The average Bonchev–Trinajstić information content (AvgIpc) is 3.20. The first kappa shape index (κ1) is 27.1. The van der Waals surface area contributed by atoms with E-state index >= 15 is 0 Å². The van der Waals surface area contributed by atoms with Crippen LogP contribution in [-0.4, -0.2) is 38.7 Å². The lowest BCUT2D eigenvalue weighted by Crippen LogP contribution is -2.32. The maximum Gasteiger partial charge on any atom is 0.303 e. The molecule has 0 bridgehead atoms. The number of nitrogens with zero attached hydrogens (tertiary/aromatic N) is 2. The van der Waals surface area contributed by atoms with Gasteiger partial charge in [0.15, 0.2) is 17.5 Å². The topological polar surface area (TPSA) is 112 Å². The molecule has 2 heterocycles. The summed E-state index contributed by atoms with van der Waals surface area (Å²) in [5.74, 6) is -0.993. The van der Waals surface area contributed by atoms with Gasteiger partial charge in [-0.3, -0.25) is 9.59 Å². The van der Waals surface area contributed by atoms with Crippen molar-refractivity contribution in [3.63, 3.8) is 0 Å². The second-order valence-electron chi connectivity index (χ2n) is 8.70. The number of rotatable bonds is 8. The number of halogens is 2. The maximum absolute atomic E-state index is 12.4. The summed E-state index contributed by atoms with van der Waals surface area (Å²) in [5.41, 5.74) is 2.93. The van der Waals surface area contributed by atoms with Crippen molar-refractivity contribution in [3.05, 3.63) is 81.9 Å². The van der Waals surface area contributed by atoms with Gasteiger partial charge in [0.05, 0.1) is 31.7 Å². The van der Waals surface area contributed by atoms with Crippen molar-refractivity contribution in [3.8, 4) is 0 Å². The molecular formula is C26H27Cl2N3O6. The molecule has 0 saturated carbocycles. The lowest BCUT2D eigenvalue weighted by Gasteiger charge is -2.36. The number of hydrogen-bond acceptors (Lipinski definition) is 7. The van der Waals surface area contributed by atoms with E-state index in [0.29, 0.717) is 29.4 Å². The standard InChI is InChI=1S/C26H27Cl2N3O6/c1-15(35-16(2)33)25(34)30-20-5-3-4-19(10-20)26-36-21(12-31-14-29-23(27)24(31)28)11-22(37-26)18-8-6-17(13-32)7-9-18/h3-10,14-15,21-22,26,32H,11-13H2,1-2H3,(H,30,34)/t15-,21-,22+,26+/m0/s1. The molecule has 2 aromatic carbocycles. The van der Waals surface area contributed by atoms with Crippen LogP contribution < -0.4 is 5.32 Å². The highest BCUT2D eigenvalue weighted by atomic mass is 35.5. The normalized spacial score (nSPS) is 20.3. The molecule has 9 nitrogen and oxygen atoms in total. The van der Waals surface area contributed by atoms with Crippen LogP contribution in [0.25, 0.3) is 0 Å². The van der Waals surface area contributed by atoms with E-state index in [4.69, 9.17) is 37.4 Å². The Hall–Kier alpha value is -2.95. The van der Waals surface area contributed by atoms with Crippen molar-refractivity contribution in [2.24, 2.45) is 0 Å². The van der Waals surface area contributed by atoms with Gasteiger partial charge in [0, 0.05) is 24.6 Å². The molecule has 37 heavy (non-hydrogen) atoms. The Morgan fingerprint density at radius 1 is 1.19 bits per heavy atom. The Balaban J connectivity index is 1.56. The van der Waals surface area contributed by atoms with Crippen molar-refractivity contribution in [2.75, 3.05) is 5.32 Å². The van der Waals surface area contributed by atoms with E-state index in [2.05, 4.69) is 10.3 Å². The van der Waals surface area contributed by atoms with E-state index in [1.54, 1.807) is 29.1 Å². The largest absolute Gasteiger partial charge is 0.453 e. The van der Waals surface area contributed by atoms with E-state index in [1.807, 2.05) is 30.3 Å². The molecule has 0 aliphatic carbocycles. The zero-order valence-corrected chi connectivity index (χ0v) is 21.8. The van der Waals surface area contributed by atoms with Gasteiger partial charge < -0.3 is 29.2 Å². The number of nitrogens with one attached hydrogen (secondary N) is 1. The molecule has 1 fully saturated rings. The number of benzene rings is 2. The summed E-state index contributed by atoms with van der Waals surface area (Å²) in [7, 11) is 0. The van der Waals surface area contributed by atoms with Crippen LogP contribution in [0, 0.1) is 0 Å². The van der Waals surface area contributed by atoms with E-state index in [0.717, 1.165) is 11.1 Å². The van der Waals surface area contributed by atoms with E-state index in [-0.39, 0.29) is 24.0 Å². The Morgan fingerprint density at radius 2 is 1.95 bits per heavy atom. The third kappa shape index (κ3) is 6.88. The number of anilines is 1. The molecule has 2 N–H and O–H groups in total. The number of hydrogen-bond donors (Lipinski definition) is 2. The first-order valence-electron chi connectivity index (χ1n) is 11.7. The van der Waals surface area contributed by atoms with Crippen LogP contribution in [0.3, 0.4) is 0 Å². The highest BCUT2D eigenvalue weighted by Gasteiger charge is 2.33. The molecule has 1 amide bonds. The Kier molecular flexibility index (Phi) is 8.83. The number of aliphatic hydroxyl groups is 1. The fourth-order valence-corrected chi connectivity index (χ4v) is 4.35. The summed E-state index contributed by atoms with van der Waals surface area (Å²) < 4.78 is 19.3. The van der Waals surface area contributed by atoms with Gasteiger partial charge >= 0.3 is 5.97 Å². The van der Waals surface area contributed by atoms with Crippen molar-refractivity contribution in [2.45, 2.75) is 58.0 Å². The number of aliphatic hydroxyl groups excluding tert-OH is 1. The molecule has 11 heteroatoms. The molecule has 1 aliphatic rings. The number of esters is 1. The van der Waals surface area contributed by atoms with E-state index in [9.17, 15) is 14.7 Å². The number of carbonyl (C=O) groups is 2. The van der Waals surface area contributed by atoms with Gasteiger partial charge in [0.25, 0.3) is 5.91 Å². The monoisotopic (exact) mass is 547 g/mol. The quantitative estimate of drug-likeness (QED) is 0.389. The van der Waals surface area contributed by atoms with Crippen LogP contribution in [0.15, 0.2) is 54.9 Å². The summed E-state index contributed by atoms with van der Waals surface area (Å²) in [6.07, 6.45) is -0.197. The van der Waals surface area contributed by atoms with Gasteiger partial charge in [-0.15, -0.1) is 0 Å². The smallest absolute Gasteiger partial charge is 0.303 e. The van der Waals surface area contributed by atoms with Gasteiger partial charge in [-0.2, -0.15) is 0 Å². The summed E-state index contributed by atoms with van der Waals surface area (Å²) >= 11 is 12.3. The third-order valence-electron chi connectivity index (χ3n) is 5.89. The molecule has 0 unspecified atom stereocenters. The van der Waals surface area contributed by atoms with Crippen LogP contribution in [0.5, 0.6) is 0 Å². The van der Waals surface area contributed by atoms with E-state index in [1.165, 1.54) is 13.8 Å².